The largest absolute Gasteiger partial charge is 0.354 e. The summed E-state index contributed by atoms with van der Waals surface area (Å²) in [6.45, 7) is 0.536. The maximum absolute atomic E-state index is 12.3. The maximum atomic E-state index is 12.3. The third kappa shape index (κ3) is 4.45. The predicted octanol–water partition coefficient (Wildman–Crippen LogP) is 6.66. The lowest BCUT2D eigenvalue weighted by Gasteiger charge is -2.08. The molecule has 1 heterocycles. The molecule has 4 aromatic rings. The summed E-state index contributed by atoms with van der Waals surface area (Å²) in [4.78, 5) is 17.0. The SMILES string of the molecule is O=C(NCCSc1c(-c2ccc(Cl)cc2)[nH]c2ccccc12)c1ccccc1Cl. The van der Waals surface area contributed by atoms with Gasteiger partial charge in [0.05, 0.1) is 16.3 Å². The Morgan fingerprint density at radius 1 is 0.931 bits per heavy atom. The van der Waals surface area contributed by atoms with Crippen molar-refractivity contribution in [3.63, 3.8) is 0 Å². The second-order valence-corrected chi connectivity index (χ2v) is 8.41. The number of hydrogen-bond donors (Lipinski definition) is 2. The van der Waals surface area contributed by atoms with E-state index >= 15 is 0 Å². The van der Waals surface area contributed by atoms with Gasteiger partial charge in [-0.2, -0.15) is 0 Å². The number of thioether (sulfide) groups is 1. The van der Waals surface area contributed by atoms with E-state index < -0.39 is 0 Å². The first-order valence-electron chi connectivity index (χ1n) is 9.15. The fraction of sp³-hybridized carbons (Fsp3) is 0.0870. The molecule has 0 unspecified atom stereocenters. The molecule has 0 aliphatic carbocycles. The summed E-state index contributed by atoms with van der Waals surface area (Å²) in [5.41, 5.74) is 3.71. The van der Waals surface area contributed by atoms with Crippen molar-refractivity contribution < 1.29 is 4.79 Å². The lowest BCUT2D eigenvalue weighted by Crippen LogP contribution is -2.25. The minimum Gasteiger partial charge on any atom is -0.354 e. The summed E-state index contributed by atoms with van der Waals surface area (Å²) in [5.74, 6) is 0.576. The fourth-order valence-corrected chi connectivity index (χ4v) is 4.55. The Hall–Kier alpha value is -2.40. The number of amides is 1. The minimum atomic E-state index is -0.159. The van der Waals surface area contributed by atoms with Gasteiger partial charge in [0.25, 0.3) is 5.91 Å². The molecule has 0 saturated heterocycles. The number of halogens is 2. The quantitative estimate of drug-likeness (QED) is 0.260. The number of carbonyl (C=O) groups is 1. The molecule has 0 fully saturated rings. The van der Waals surface area contributed by atoms with E-state index in [0.717, 1.165) is 27.4 Å². The van der Waals surface area contributed by atoms with Crippen LogP contribution >= 0.6 is 35.0 Å². The van der Waals surface area contributed by atoms with Gasteiger partial charge in [-0.25, -0.2) is 0 Å². The van der Waals surface area contributed by atoms with Crippen molar-refractivity contribution >= 4 is 51.8 Å². The molecule has 146 valence electrons. The van der Waals surface area contributed by atoms with Gasteiger partial charge in [0.1, 0.15) is 0 Å². The second kappa shape index (κ2) is 8.95. The molecule has 0 aliphatic heterocycles. The predicted molar refractivity (Wildman–Crippen MR) is 123 cm³/mol. The third-order valence-corrected chi connectivity index (χ3v) is 6.25. The van der Waals surface area contributed by atoms with Gasteiger partial charge >= 0.3 is 0 Å². The number of rotatable bonds is 6. The van der Waals surface area contributed by atoms with Crippen LogP contribution in [-0.2, 0) is 0 Å². The van der Waals surface area contributed by atoms with Crippen LogP contribution in [0.25, 0.3) is 22.2 Å². The van der Waals surface area contributed by atoms with Gasteiger partial charge in [-0.1, -0.05) is 65.7 Å². The van der Waals surface area contributed by atoms with Gasteiger partial charge in [-0.05, 0) is 35.9 Å². The molecule has 0 radical (unpaired) electrons. The fourth-order valence-electron chi connectivity index (χ4n) is 3.14. The molecule has 1 aromatic heterocycles. The molecule has 0 spiro atoms. The standard InChI is InChI=1S/C23H18Cl2N2OS/c24-16-11-9-15(10-12-16)21-22(18-6-2-4-8-20(18)27-21)29-14-13-26-23(28)17-5-1-3-7-19(17)25/h1-12,27H,13-14H2,(H,26,28). The summed E-state index contributed by atoms with van der Waals surface area (Å²) in [6.07, 6.45) is 0. The minimum absolute atomic E-state index is 0.159. The monoisotopic (exact) mass is 440 g/mol. The van der Waals surface area contributed by atoms with E-state index in [9.17, 15) is 4.79 Å². The second-order valence-electron chi connectivity index (χ2n) is 6.47. The van der Waals surface area contributed by atoms with Crippen LogP contribution < -0.4 is 5.32 Å². The molecular weight excluding hydrogens is 423 g/mol. The topological polar surface area (TPSA) is 44.9 Å². The van der Waals surface area contributed by atoms with Gasteiger partial charge in [0.2, 0.25) is 0 Å². The lowest BCUT2D eigenvalue weighted by molar-refractivity contribution is 0.0956. The maximum Gasteiger partial charge on any atom is 0.252 e. The Morgan fingerprint density at radius 3 is 2.45 bits per heavy atom. The van der Waals surface area contributed by atoms with Crippen molar-refractivity contribution in [3.8, 4) is 11.3 Å². The number of fused-ring (bicyclic) bond motifs is 1. The van der Waals surface area contributed by atoms with E-state index in [2.05, 4.69) is 22.4 Å². The average molecular weight is 441 g/mol. The molecule has 0 atom stereocenters. The molecule has 1 amide bonds. The zero-order chi connectivity index (χ0) is 20.2. The van der Waals surface area contributed by atoms with Crippen LogP contribution in [0.2, 0.25) is 10.0 Å². The lowest BCUT2D eigenvalue weighted by atomic mass is 10.1. The van der Waals surface area contributed by atoms with Crippen LogP contribution in [-0.4, -0.2) is 23.2 Å². The Bertz CT molecular complexity index is 1160. The van der Waals surface area contributed by atoms with Crippen LogP contribution in [0.1, 0.15) is 10.4 Å². The highest BCUT2D eigenvalue weighted by Gasteiger charge is 2.14. The van der Waals surface area contributed by atoms with E-state index in [1.54, 1.807) is 30.0 Å². The van der Waals surface area contributed by atoms with Crippen molar-refractivity contribution in [3.05, 3.63) is 88.4 Å². The number of hydrogen-bond acceptors (Lipinski definition) is 2. The first kappa shape index (κ1) is 19.9. The van der Waals surface area contributed by atoms with Crippen LogP contribution in [0, 0.1) is 0 Å². The summed E-state index contributed by atoms with van der Waals surface area (Å²) in [6, 6.07) is 23.1. The Kier molecular flexibility index (Phi) is 6.14. The van der Waals surface area contributed by atoms with E-state index in [0.29, 0.717) is 22.2 Å². The molecule has 0 aliphatic rings. The molecule has 3 nitrogen and oxygen atoms in total. The normalized spacial score (nSPS) is 11.0. The van der Waals surface area contributed by atoms with E-state index in [-0.39, 0.29) is 5.91 Å². The van der Waals surface area contributed by atoms with Crippen molar-refractivity contribution in [1.29, 1.82) is 0 Å². The number of aromatic amines is 1. The highest BCUT2D eigenvalue weighted by atomic mass is 35.5. The first-order chi connectivity index (χ1) is 14.1. The smallest absolute Gasteiger partial charge is 0.252 e. The number of benzene rings is 3. The van der Waals surface area contributed by atoms with E-state index in [4.69, 9.17) is 23.2 Å². The van der Waals surface area contributed by atoms with Gasteiger partial charge in [0, 0.05) is 33.1 Å². The summed E-state index contributed by atoms with van der Waals surface area (Å²) >= 11 is 13.9. The van der Waals surface area contributed by atoms with Crippen LogP contribution in [0.5, 0.6) is 0 Å². The zero-order valence-electron chi connectivity index (χ0n) is 15.4. The zero-order valence-corrected chi connectivity index (χ0v) is 17.7. The summed E-state index contributed by atoms with van der Waals surface area (Å²) < 4.78 is 0. The van der Waals surface area contributed by atoms with Gasteiger partial charge in [-0.15, -0.1) is 11.8 Å². The van der Waals surface area contributed by atoms with Gasteiger partial charge < -0.3 is 10.3 Å². The molecule has 29 heavy (non-hydrogen) atoms. The molecule has 0 bridgehead atoms. The molecule has 0 saturated carbocycles. The van der Waals surface area contributed by atoms with Crippen LogP contribution in [0.4, 0.5) is 0 Å². The van der Waals surface area contributed by atoms with Crippen molar-refractivity contribution in [1.82, 2.24) is 10.3 Å². The van der Waals surface area contributed by atoms with Gasteiger partial charge in [0.15, 0.2) is 0 Å². The summed E-state index contributed by atoms with van der Waals surface area (Å²) in [5, 5.41) is 5.28. The van der Waals surface area contributed by atoms with E-state index in [1.165, 1.54) is 5.39 Å². The Balaban J connectivity index is 1.50. The molecule has 2 N–H and O–H groups in total. The number of para-hydroxylation sites is 1. The Morgan fingerprint density at radius 2 is 1.66 bits per heavy atom. The molecule has 6 heteroatoms. The van der Waals surface area contributed by atoms with Crippen LogP contribution in [0.3, 0.4) is 0 Å². The summed E-state index contributed by atoms with van der Waals surface area (Å²) in [7, 11) is 0. The van der Waals surface area contributed by atoms with Crippen molar-refractivity contribution in [2.45, 2.75) is 4.90 Å². The number of aromatic nitrogens is 1. The van der Waals surface area contributed by atoms with Crippen molar-refractivity contribution in [2.75, 3.05) is 12.3 Å². The Labute approximate surface area is 183 Å². The average Bonchev–Trinajstić information content (AvgIpc) is 3.10. The molecule has 4 rings (SSSR count). The number of carbonyl (C=O) groups excluding carboxylic acids is 1. The van der Waals surface area contributed by atoms with Gasteiger partial charge in [-0.3, -0.25) is 4.79 Å². The molecule has 3 aromatic carbocycles. The highest BCUT2D eigenvalue weighted by molar-refractivity contribution is 7.99. The number of nitrogens with one attached hydrogen (secondary N) is 2. The van der Waals surface area contributed by atoms with E-state index in [1.807, 2.05) is 42.5 Å². The first-order valence-corrected chi connectivity index (χ1v) is 10.9. The molecular formula is C23H18Cl2N2OS. The van der Waals surface area contributed by atoms with Crippen LogP contribution in [0.15, 0.2) is 77.7 Å². The third-order valence-electron chi connectivity index (χ3n) is 4.54. The number of H-pyrrole nitrogens is 1. The highest BCUT2D eigenvalue weighted by Crippen LogP contribution is 2.37. The van der Waals surface area contributed by atoms with Crippen molar-refractivity contribution in [2.24, 2.45) is 0 Å².